The Labute approximate surface area is 109 Å². The smallest absolute Gasteiger partial charge is 0.188 e. The van der Waals surface area contributed by atoms with Gasteiger partial charge in [0.2, 0.25) is 0 Å². The SMILES string of the molecule is CCNC(C)C1CCN(Cc2nnn(C)n2)CC1. The number of rotatable bonds is 5. The van der Waals surface area contributed by atoms with E-state index >= 15 is 0 Å². The summed E-state index contributed by atoms with van der Waals surface area (Å²) < 4.78 is 0. The zero-order chi connectivity index (χ0) is 13.0. The summed E-state index contributed by atoms with van der Waals surface area (Å²) in [7, 11) is 1.81. The molecule has 6 heteroatoms. The van der Waals surface area contributed by atoms with Gasteiger partial charge in [0.1, 0.15) is 0 Å². The molecule has 2 heterocycles. The van der Waals surface area contributed by atoms with Gasteiger partial charge in [-0.2, -0.15) is 4.80 Å². The van der Waals surface area contributed by atoms with E-state index < -0.39 is 0 Å². The van der Waals surface area contributed by atoms with Crippen molar-refractivity contribution in [3.63, 3.8) is 0 Å². The number of tetrazole rings is 1. The van der Waals surface area contributed by atoms with Crippen molar-refractivity contribution in [2.45, 2.75) is 39.3 Å². The largest absolute Gasteiger partial charge is 0.314 e. The number of likely N-dealkylation sites (tertiary alicyclic amines) is 1. The predicted octanol–water partition coefficient (Wildman–Crippen LogP) is 0.420. The lowest BCUT2D eigenvalue weighted by Crippen LogP contribution is -2.41. The van der Waals surface area contributed by atoms with Gasteiger partial charge >= 0.3 is 0 Å². The first-order valence-corrected chi connectivity index (χ1v) is 6.87. The molecule has 18 heavy (non-hydrogen) atoms. The Bertz CT molecular complexity index is 355. The van der Waals surface area contributed by atoms with E-state index in [-0.39, 0.29) is 0 Å². The number of hydrogen-bond acceptors (Lipinski definition) is 5. The quantitative estimate of drug-likeness (QED) is 0.823. The predicted molar refractivity (Wildman–Crippen MR) is 69.9 cm³/mol. The van der Waals surface area contributed by atoms with Crippen molar-refractivity contribution in [3.05, 3.63) is 5.82 Å². The Morgan fingerprint density at radius 2 is 2.11 bits per heavy atom. The lowest BCUT2D eigenvalue weighted by Gasteiger charge is -2.34. The molecule has 1 saturated heterocycles. The molecule has 0 amide bonds. The van der Waals surface area contributed by atoms with Crippen LogP contribution < -0.4 is 5.32 Å². The number of nitrogens with zero attached hydrogens (tertiary/aromatic N) is 5. The first-order chi connectivity index (χ1) is 8.69. The Balaban J connectivity index is 1.76. The average molecular weight is 252 g/mol. The summed E-state index contributed by atoms with van der Waals surface area (Å²) in [6.07, 6.45) is 2.52. The Hall–Kier alpha value is -1.01. The molecule has 0 radical (unpaired) electrons. The molecule has 0 saturated carbocycles. The minimum atomic E-state index is 0.631. The molecule has 0 aromatic carbocycles. The Morgan fingerprint density at radius 1 is 1.39 bits per heavy atom. The van der Waals surface area contributed by atoms with Crippen LogP contribution in [-0.2, 0) is 13.6 Å². The van der Waals surface area contributed by atoms with Gasteiger partial charge in [-0.15, -0.1) is 10.2 Å². The first-order valence-electron chi connectivity index (χ1n) is 6.87. The highest BCUT2D eigenvalue weighted by molar-refractivity contribution is 4.83. The van der Waals surface area contributed by atoms with Crippen LogP contribution >= 0.6 is 0 Å². The molecule has 1 aliphatic rings. The van der Waals surface area contributed by atoms with E-state index in [4.69, 9.17) is 0 Å². The third kappa shape index (κ3) is 3.49. The highest BCUT2D eigenvalue weighted by atomic mass is 15.6. The van der Waals surface area contributed by atoms with Gasteiger partial charge in [0.25, 0.3) is 0 Å². The number of aromatic nitrogens is 4. The van der Waals surface area contributed by atoms with Gasteiger partial charge in [-0.3, -0.25) is 4.90 Å². The van der Waals surface area contributed by atoms with E-state index in [2.05, 4.69) is 39.5 Å². The molecule has 6 nitrogen and oxygen atoms in total. The summed E-state index contributed by atoms with van der Waals surface area (Å²) >= 11 is 0. The fourth-order valence-electron chi connectivity index (χ4n) is 2.69. The maximum absolute atomic E-state index is 4.23. The fraction of sp³-hybridized carbons (Fsp3) is 0.917. The second kappa shape index (κ2) is 6.24. The van der Waals surface area contributed by atoms with Crippen LogP contribution in [0.4, 0.5) is 0 Å². The topological polar surface area (TPSA) is 58.9 Å². The number of hydrogen-bond donors (Lipinski definition) is 1. The lowest BCUT2D eigenvalue weighted by molar-refractivity contribution is 0.154. The summed E-state index contributed by atoms with van der Waals surface area (Å²) in [4.78, 5) is 3.95. The van der Waals surface area contributed by atoms with Crippen LogP contribution in [0.5, 0.6) is 0 Å². The second-order valence-electron chi connectivity index (χ2n) is 5.16. The van der Waals surface area contributed by atoms with Gasteiger partial charge in [-0.1, -0.05) is 6.92 Å². The molecule has 1 N–H and O–H groups in total. The maximum Gasteiger partial charge on any atom is 0.188 e. The normalized spacial score (nSPS) is 20.2. The molecule has 0 spiro atoms. The van der Waals surface area contributed by atoms with Crippen molar-refractivity contribution < 1.29 is 0 Å². The van der Waals surface area contributed by atoms with Gasteiger partial charge in [-0.05, 0) is 50.5 Å². The average Bonchev–Trinajstić information content (AvgIpc) is 2.76. The third-order valence-electron chi connectivity index (χ3n) is 3.78. The van der Waals surface area contributed by atoms with Crippen molar-refractivity contribution in [2.75, 3.05) is 19.6 Å². The van der Waals surface area contributed by atoms with E-state index in [0.717, 1.165) is 37.9 Å². The molecule has 1 fully saturated rings. The molecule has 0 aliphatic carbocycles. The van der Waals surface area contributed by atoms with Gasteiger partial charge in [0.05, 0.1) is 13.6 Å². The Morgan fingerprint density at radius 3 is 2.67 bits per heavy atom. The highest BCUT2D eigenvalue weighted by Crippen LogP contribution is 2.21. The van der Waals surface area contributed by atoms with Crippen molar-refractivity contribution in [3.8, 4) is 0 Å². The van der Waals surface area contributed by atoms with Gasteiger partial charge in [-0.25, -0.2) is 0 Å². The molecular weight excluding hydrogens is 228 g/mol. The van der Waals surface area contributed by atoms with Crippen LogP contribution in [0.2, 0.25) is 0 Å². The molecule has 1 unspecified atom stereocenters. The van der Waals surface area contributed by atoms with Crippen molar-refractivity contribution in [2.24, 2.45) is 13.0 Å². The highest BCUT2D eigenvalue weighted by Gasteiger charge is 2.23. The van der Waals surface area contributed by atoms with Crippen LogP contribution in [0.15, 0.2) is 0 Å². The van der Waals surface area contributed by atoms with Crippen molar-refractivity contribution in [1.82, 2.24) is 30.4 Å². The van der Waals surface area contributed by atoms with E-state index in [1.807, 2.05) is 0 Å². The van der Waals surface area contributed by atoms with E-state index in [9.17, 15) is 0 Å². The van der Waals surface area contributed by atoms with E-state index in [0.29, 0.717) is 6.04 Å². The number of nitrogens with one attached hydrogen (secondary N) is 1. The fourth-order valence-corrected chi connectivity index (χ4v) is 2.69. The summed E-state index contributed by atoms with van der Waals surface area (Å²) in [6, 6.07) is 0.631. The second-order valence-corrected chi connectivity index (χ2v) is 5.16. The van der Waals surface area contributed by atoms with Gasteiger partial charge in [0.15, 0.2) is 5.82 Å². The molecule has 1 aliphatic heterocycles. The van der Waals surface area contributed by atoms with Crippen LogP contribution in [0.25, 0.3) is 0 Å². The molecule has 102 valence electrons. The van der Waals surface area contributed by atoms with Crippen LogP contribution in [0, 0.1) is 5.92 Å². The van der Waals surface area contributed by atoms with Gasteiger partial charge in [0, 0.05) is 6.04 Å². The minimum Gasteiger partial charge on any atom is -0.314 e. The van der Waals surface area contributed by atoms with E-state index in [1.54, 1.807) is 7.05 Å². The maximum atomic E-state index is 4.23. The molecule has 1 atom stereocenters. The third-order valence-corrected chi connectivity index (χ3v) is 3.78. The summed E-state index contributed by atoms with van der Waals surface area (Å²) in [5.41, 5.74) is 0. The lowest BCUT2D eigenvalue weighted by atomic mass is 9.90. The summed E-state index contributed by atoms with van der Waals surface area (Å²) in [6.45, 7) is 8.64. The zero-order valence-electron chi connectivity index (χ0n) is 11.6. The van der Waals surface area contributed by atoms with Crippen LogP contribution in [0.1, 0.15) is 32.5 Å². The van der Waals surface area contributed by atoms with Crippen molar-refractivity contribution in [1.29, 1.82) is 0 Å². The minimum absolute atomic E-state index is 0.631. The Kier molecular flexibility index (Phi) is 4.66. The first kappa shape index (κ1) is 13.4. The molecule has 0 bridgehead atoms. The monoisotopic (exact) mass is 252 g/mol. The zero-order valence-corrected chi connectivity index (χ0v) is 11.6. The van der Waals surface area contributed by atoms with E-state index in [1.165, 1.54) is 17.6 Å². The number of piperidine rings is 1. The number of aryl methyl sites for hydroxylation is 1. The molecule has 1 aromatic heterocycles. The van der Waals surface area contributed by atoms with Crippen LogP contribution in [0.3, 0.4) is 0 Å². The summed E-state index contributed by atoms with van der Waals surface area (Å²) in [5, 5.41) is 15.7. The molecular formula is C12H24N6. The van der Waals surface area contributed by atoms with Crippen LogP contribution in [-0.4, -0.2) is 50.8 Å². The van der Waals surface area contributed by atoms with Crippen molar-refractivity contribution >= 4 is 0 Å². The standard InChI is InChI=1S/C12H24N6/c1-4-13-10(2)11-5-7-18(8-6-11)9-12-14-16-17(3)15-12/h10-11,13H,4-9H2,1-3H3. The molecule has 1 aromatic rings. The summed E-state index contributed by atoms with van der Waals surface area (Å²) in [5.74, 6) is 1.63. The van der Waals surface area contributed by atoms with Gasteiger partial charge < -0.3 is 5.32 Å². The molecule has 2 rings (SSSR count).